The molecule has 0 unspecified atom stereocenters. The summed E-state index contributed by atoms with van der Waals surface area (Å²) in [5, 5.41) is 9.23. The van der Waals surface area contributed by atoms with E-state index >= 15 is 0 Å². The Morgan fingerprint density at radius 1 is 0.893 bits per heavy atom. The number of nitrogens with zero attached hydrogens (tertiary/aromatic N) is 2. The van der Waals surface area contributed by atoms with Crippen LogP contribution in [0.25, 0.3) is 0 Å². The summed E-state index contributed by atoms with van der Waals surface area (Å²) in [5.41, 5.74) is 1.82. The van der Waals surface area contributed by atoms with Crippen molar-refractivity contribution in [1.29, 1.82) is 5.26 Å². The van der Waals surface area contributed by atoms with Gasteiger partial charge in [0.2, 0.25) is 11.8 Å². The third kappa shape index (κ3) is 4.40. The van der Waals surface area contributed by atoms with Crippen LogP contribution in [0.5, 0.6) is 11.8 Å². The van der Waals surface area contributed by atoms with Crippen molar-refractivity contribution in [1.82, 2.24) is 4.98 Å². The second-order valence-corrected chi connectivity index (χ2v) is 5.81. The van der Waals surface area contributed by atoms with E-state index in [1.165, 1.54) is 12.1 Å². The highest BCUT2D eigenvalue weighted by Crippen LogP contribution is 2.21. The molecule has 0 radical (unpaired) electrons. The molecule has 2 aromatic carbocycles. The first kappa shape index (κ1) is 18.8. The highest BCUT2D eigenvalue weighted by atomic mass is 16.6. The molecule has 0 amide bonds. The summed E-state index contributed by atoms with van der Waals surface area (Å²) >= 11 is 0. The van der Waals surface area contributed by atoms with E-state index in [2.05, 4.69) is 4.98 Å². The maximum atomic E-state index is 12.4. The van der Waals surface area contributed by atoms with E-state index in [0.29, 0.717) is 11.1 Å². The van der Waals surface area contributed by atoms with Gasteiger partial charge < -0.3 is 9.47 Å². The van der Waals surface area contributed by atoms with Crippen molar-refractivity contribution in [2.75, 3.05) is 0 Å². The highest BCUT2D eigenvalue weighted by Gasteiger charge is 2.16. The van der Waals surface area contributed by atoms with E-state index in [0.717, 1.165) is 12.0 Å². The van der Waals surface area contributed by atoms with Crippen LogP contribution in [0.2, 0.25) is 0 Å². The maximum absolute atomic E-state index is 12.4. The molecule has 3 aromatic rings. The lowest BCUT2D eigenvalue weighted by molar-refractivity contribution is 0.0717. The van der Waals surface area contributed by atoms with E-state index in [1.54, 1.807) is 42.5 Å². The van der Waals surface area contributed by atoms with Gasteiger partial charge in [-0.3, -0.25) is 0 Å². The molecule has 6 heteroatoms. The standard InChI is InChI=1S/C22H16N2O4/c1-2-15-8-10-17(11-9-15)22(26)28-20-18(14-23)12-13-19(24-20)27-21(25)16-6-4-3-5-7-16/h3-13H,2H2,1H3. The normalized spacial score (nSPS) is 10.0. The summed E-state index contributed by atoms with van der Waals surface area (Å²) in [5.74, 6) is -1.55. The molecule has 28 heavy (non-hydrogen) atoms. The van der Waals surface area contributed by atoms with Crippen LogP contribution in [0.4, 0.5) is 0 Å². The van der Waals surface area contributed by atoms with Crippen LogP contribution in [0, 0.1) is 11.3 Å². The predicted octanol–water partition coefficient (Wildman–Crippen LogP) is 3.95. The number of hydrogen-bond acceptors (Lipinski definition) is 6. The Morgan fingerprint density at radius 2 is 1.54 bits per heavy atom. The number of ether oxygens (including phenoxy) is 2. The van der Waals surface area contributed by atoms with Gasteiger partial charge in [-0.05, 0) is 42.3 Å². The Kier molecular flexibility index (Phi) is 5.78. The van der Waals surface area contributed by atoms with Crippen LogP contribution >= 0.6 is 0 Å². The first-order valence-electron chi connectivity index (χ1n) is 8.60. The number of aryl methyl sites for hydroxylation is 1. The molecule has 0 fully saturated rings. The molecule has 6 nitrogen and oxygen atoms in total. The van der Waals surface area contributed by atoms with Crippen molar-refractivity contribution in [3.63, 3.8) is 0 Å². The first-order valence-corrected chi connectivity index (χ1v) is 8.60. The average molecular weight is 372 g/mol. The fourth-order valence-electron chi connectivity index (χ4n) is 2.39. The van der Waals surface area contributed by atoms with Gasteiger partial charge in [0.15, 0.2) is 0 Å². The lowest BCUT2D eigenvalue weighted by atomic mass is 10.1. The molecule has 0 aliphatic carbocycles. The van der Waals surface area contributed by atoms with Gasteiger partial charge in [0, 0.05) is 6.07 Å². The summed E-state index contributed by atoms with van der Waals surface area (Å²) in [6.45, 7) is 2.01. The summed E-state index contributed by atoms with van der Waals surface area (Å²) in [6.07, 6.45) is 0.851. The van der Waals surface area contributed by atoms with Crippen molar-refractivity contribution >= 4 is 11.9 Å². The molecule has 0 bridgehead atoms. The Labute approximate surface area is 162 Å². The molecule has 0 saturated carbocycles. The summed E-state index contributed by atoms with van der Waals surface area (Å²) < 4.78 is 10.5. The fourth-order valence-corrected chi connectivity index (χ4v) is 2.39. The summed E-state index contributed by atoms with van der Waals surface area (Å²) in [6, 6.07) is 20.0. The second kappa shape index (κ2) is 8.60. The zero-order valence-electron chi connectivity index (χ0n) is 15.1. The minimum absolute atomic E-state index is 0.0537. The second-order valence-electron chi connectivity index (χ2n) is 5.81. The van der Waals surface area contributed by atoms with Crippen LogP contribution in [0.1, 0.15) is 38.8 Å². The molecule has 0 aliphatic rings. The molecule has 0 spiro atoms. The largest absolute Gasteiger partial charge is 0.404 e. The van der Waals surface area contributed by atoms with Gasteiger partial charge in [0.05, 0.1) is 11.1 Å². The molecule has 1 aromatic heterocycles. The van der Waals surface area contributed by atoms with Gasteiger partial charge in [-0.25, -0.2) is 9.59 Å². The molecule has 3 rings (SSSR count). The third-order valence-electron chi connectivity index (χ3n) is 3.95. The van der Waals surface area contributed by atoms with Gasteiger partial charge in [-0.1, -0.05) is 37.3 Å². The molecule has 0 saturated heterocycles. The van der Waals surface area contributed by atoms with Crippen molar-refractivity contribution in [3.8, 4) is 17.8 Å². The number of nitriles is 1. The Bertz CT molecular complexity index is 1040. The van der Waals surface area contributed by atoms with Crippen molar-refractivity contribution < 1.29 is 19.1 Å². The van der Waals surface area contributed by atoms with Gasteiger partial charge in [-0.15, -0.1) is 0 Å². The monoisotopic (exact) mass is 372 g/mol. The molecule has 0 atom stereocenters. The summed E-state index contributed by atoms with van der Waals surface area (Å²) in [7, 11) is 0. The van der Waals surface area contributed by atoms with Crippen LogP contribution in [-0.4, -0.2) is 16.9 Å². The molecule has 0 N–H and O–H groups in total. The van der Waals surface area contributed by atoms with E-state index in [1.807, 2.05) is 25.1 Å². The predicted molar refractivity (Wildman–Crippen MR) is 101 cm³/mol. The SMILES string of the molecule is CCc1ccc(C(=O)Oc2nc(OC(=O)c3ccccc3)ccc2C#N)cc1. The van der Waals surface area contributed by atoms with Crippen molar-refractivity contribution in [2.24, 2.45) is 0 Å². The molecular weight excluding hydrogens is 356 g/mol. The highest BCUT2D eigenvalue weighted by molar-refractivity contribution is 5.91. The first-order chi connectivity index (χ1) is 13.6. The molecule has 0 aliphatic heterocycles. The molecular formula is C22H16N2O4. The zero-order chi connectivity index (χ0) is 19.9. The van der Waals surface area contributed by atoms with Crippen LogP contribution in [-0.2, 0) is 6.42 Å². The number of hydrogen-bond donors (Lipinski definition) is 0. The van der Waals surface area contributed by atoms with Gasteiger partial charge >= 0.3 is 11.9 Å². The number of aromatic nitrogens is 1. The van der Waals surface area contributed by atoms with Crippen LogP contribution < -0.4 is 9.47 Å². The quantitative estimate of drug-likeness (QED) is 0.630. The number of rotatable bonds is 5. The van der Waals surface area contributed by atoms with Gasteiger partial charge in [-0.2, -0.15) is 10.2 Å². The average Bonchev–Trinajstić information content (AvgIpc) is 2.74. The Morgan fingerprint density at radius 3 is 2.18 bits per heavy atom. The fraction of sp³-hybridized carbons (Fsp3) is 0.0909. The number of pyridine rings is 1. The number of carbonyl (C=O) groups excluding carboxylic acids is 2. The lowest BCUT2D eigenvalue weighted by Gasteiger charge is -2.08. The third-order valence-corrected chi connectivity index (χ3v) is 3.95. The van der Waals surface area contributed by atoms with Crippen LogP contribution in [0.15, 0.2) is 66.7 Å². The smallest absolute Gasteiger partial charge is 0.344 e. The minimum atomic E-state index is -0.654. The lowest BCUT2D eigenvalue weighted by Crippen LogP contribution is -2.13. The van der Waals surface area contributed by atoms with E-state index in [-0.39, 0.29) is 17.3 Å². The zero-order valence-corrected chi connectivity index (χ0v) is 15.1. The van der Waals surface area contributed by atoms with E-state index in [4.69, 9.17) is 9.47 Å². The topological polar surface area (TPSA) is 89.3 Å². The van der Waals surface area contributed by atoms with E-state index < -0.39 is 11.9 Å². The maximum Gasteiger partial charge on any atom is 0.344 e. The van der Waals surface area contributed by atoms with Gasteiger partial charge in [0.1, 0.15) is 11.6 Å². The van der Waals surface area contributed by atoms with Gasteiger partial charge in [0.25, 0.3) is 0 Å². The van der Waals surface area contributed by atoms with Crippen LogP contribution in [0.3, 0.4) is 0 Å². The number of esters is 2. The Hall–Kier alpha value is -3.98. The molecule has 138 valence electrons. The number of carbonyl (C=O) groups is 2. The number of benzene rings is 2. The Balaban J connectivity index is 1.80. The summed E-state index contributed by atoms with van der Waals surface area (Å²) in [4.78, 5) is 28.5. The van der Waals surface area contributed by atoms with E-state index in [9.17, 15) is 14.9 Å². The minimum Gasteiger partial charge on any atom is -0.404 e. The van der Waals surface area contributed by atoms with Crippen molar-refractivity contribution in [2.45, 2.75) is 13.3 Å². The van der Waals surface area contributed by atoms with Crippen molar-refractivity contribution in [3.05, 3.63) is 89.0 Å². The molecule has 1 heterocycles.